The number of hydrogen-bond donors (Lipinski definition) is 0. The largest absolute Gasteiger partial charge is 0.256 e. The van der Waals surface area contributed by atoms with E-state index in [-0.39, 0.29) is 0 Å². The minimum Gasteiger partial charge on any atom is -0.256 e. The molecule has 0 saturated carbocycles. The molecule has 0 saturated heterocycles. The third-order valence-corrected chi connectivity index (χ3v) is 2.55. The summed E-state index contributed by atoms with van der Waals surface area (Å²) in [6.07, 6.45) is 1.83. The van der Waals surface area contributed by atoms with E-state index in [1.807, 2.05) is 61.7 Å². The lowest BCUT2D eigenvalue weighted by atomic mass is 10.2. The Balaban J connectivity index is 2.25. The van der Waals surface area contributed by atoms with Gasteiger partial charge in [0.05, 0.1) is 5.69 Å². The van der Waals surface area contributed by atoms with Crippen molar-refractivity contribution in [2.45, 2.75) is 6.92 Å². The van der Waals surface area contributed by atoms with Gasteiger partial charge in [0.2, 0.25) is 0 Å². The molecule has 16 heavy (non-hydrogen) atoms. The maximum Gasteiger partial charge on any atom is 0.0659 e. The van der Waals surface area contributed by atoms with Crippen LogP contribution in [0.1, 0.15) is 11.1 Å². The maximum atomic E-state index is 5.90. The molecule has 0 radical (unpaired) electrons. The Labute approximate surface area is 100 Å². The van der Waals surface area contributed by atoms with Gasteiger partial charge in [-0.3, -0.25) is 4.99 Å². The third-order valence-electron chi connectivity index (χ3n) is 2.32. The molecule has 0 aromatic heterocycles. The number of benzene rings is 2. The van der Waals surface area contributed by atoms with Crippen LogP contribution in [-0.4, -0.2) is 6.21 Å². The predicted octanol–water partition coefficient (Wildman–Crippen LogP) is 4.40. The highest BCUT2D eigenvalue weighted by Crippen LogP contribution is 2.17. The van der Waals surface area contributed by atoms with Gasteiger partial charge in [-0.2, -0.15) is 0 Å². The minimum absolute atomic E-state index is 0.730. The molecule has 0 aliphatic rings. The van der Waals surface area contributed by atoms with Crippen LogP contribution in [0.3, 0.4) is 0 Å². The summed E-state index contributed by atoms with van der Waals surface area (Å²) >= 11 is 5.90. The lowest BCUT2D eigenvalue weighted by Crippen LogP contribution is -1.80. The average molecular weight is 230 g/mol. The standard InChI is InChI=1S/C14H12ClN/c1-11-5-2-3-8-14(11)16-10-12-6-4-7-13(15)9-12/h2-10H,1H3. The molecular formula is C14H12ClN. The van der Waals surface area contributed by atoms with Gasteiger partial charge in [0.1, 0.15) is 0 Å². The number of hydrogen-bond acceptors (Lipinski definition) is 1. The Kier molecular flexibility index (Phi) is 3.37. The topological polar surface area (TPSA) is 12.4 Å². The fraction of sp³-hybridized carbons (Fsp3) is 0.0714. The van der Waals surface area contributed by atoms with Gasteiger partial charge in [0, 0.05) is 11.2 Å². The fourth-order valence-electron chi connectivity index (χ4n) is 1.44. The number of rotatable bonds is 2. The SMILES string of the molecule is Cc1ccccc1N=Cc1cccc(Cl)c1. The lowest BCUT2D eigenvalue weighted by molar-refractivity contribution is 1.40. The van der Waals surface area contributed by atoms with Gasteiger partial charge < -0.3 is 0 Å². The van der Waals surface area contributed by atoms with Crippen LogP contribution in [0.15, 0.2) is 53.5 Å². The summed E-state index contributed by atoms with van der Waals surface area (Å²) in [5.41, 5.74) is 3.17. The highest BCUT2D eigenvalue weighted by atomic mass is 35.5. The molecule has 80 valence electrons. The van der Waals surface area contributed by atoms with Crippen LogP contribution in [0.5, 0.6) is 0 Å². The molecule has 0 amide bonds. The maximum absolute atomic E-state index is 5.90. The summed E-state index contributed by atoms with van der Waals surface area (Å²) in [6.45, 7) is 2.05. The molecule has 2 heteroatoms. The van der Waals surface area contributed by atoms with Crippen molar-refractivity contribution in [3.63, 3.8) is 0 Å². The average Bonchev–Trinajstić information content (AvgIpc) is 2.28. The van der Waals surface area contributed by atoms with E-state index in [4.69, 9.17) is 11.6 Å². The Morgan fingerprint density at radius 1 is 1.06 bits per heavy atom. The predicted molar refractivity (Wildman–Crippen MR) is 69.9 cm³/mol. The molecule has 0 aliphatic carbocycles. The zero-order chi connectivity index (χ0) is 11.4. The highest BCUT2D eigenvalue weighted by Gasteiger charge is 1.93. The Morgan fingerprint density at radius 3 is 2.62 bits per heavy atom. The summed E-state index contributed by atoms with van der Waals surface area (Å²) in [6, 6.07) is 15.7. The Bertz CT molecular complexity index is 518. The molecule has 0 N–H and O–H groups in total. The molecule has 0 spiro atoms. The van der Waals surface area contributed by atoms with E-state index in [0.717, 1.165) is 16.3 Å². The van der Waals surface area contributed by atoms with E-state index in [2.05, 4.69) is 4.99 Å². The van der Waals surface area contributed by atoms with Crippen LogP contribution in [0.4, 0.5) is 5.69 Å². The number of para-hydroxylation sites is 1. The molecule has 0 unspecified atom stereocenters. The number of halogens is 1. The van der Waals surface area contributed by atoms with Gasteiger partial charge in [-0.25, -0.2) is 0 Å². The first-order valence-corrected chi connectivity index (χ1v) is 5.49. The van der Waals surface area contributed by atoms with Crippen LogP contribution in [-0.2, 0) is 0 Å². The number of aryl methyl sites for hydroxylation is 1. The monoisotopic (exact) mass is 229 g/mol. The van der Waals surface area contributed by atoms with Crippen LogP contribution in [0.25, 0.3) is 0 Å². The minimum atomic E-state index is 0.730. The van der Waals surface area contributed by atoms with E-state index >= 15 is 0 Å². The molecule has 0 fully saturated rings. The lowest BCUT2D eigenvalue weighted by Gasteiger charge is -1.98. The summed E-state index contributed by atoms with van der Waals surface area (Å²) in [4.78, 5) is 4.43. The van der Waals surface area contributed by atoms with Crippen molar-refractivity contribution in [1.29, 1.82) is 0 Å². The second kappa shape index (κ2) is 4.95. The smallest absolute Gasteiger partial charge is 0.0659 e. The normalized spacial score (nSPS) is 10.9. The molecule has 2 rings (SSSR count). The number of aliphatic imine (C=N–C) groups is 1. The van der Waals surface area contributed by atoms with Crippen molar-refractivity contribution in [3.05, 3.63) is 64.7 Å². The van der Waals surface area contributed by atoms with Crippen molar-refractivity contribution in [2.75, 3.05) is 0 Å². The van der Waals surface area contributed by atoms with Crippen molar-refractivity contribution in [2.24, 2.45) is 4.99 Å². The second-order valence-electron chi connectivity index (χ2n) is 3.60. The van der Waals surface area contributed by atoms with Crippen molar-refractivity contribution in [1.82, 2.24) is 0 Å². The quantitative estimate of drug-likeness (QED) is 0.677. The third kappa shape index (κ3) is 2.71. The second-order valence-corrected chi connectivity index (χ2v) is 4.04. The molecular weight excluding hydrogens is 218 g/mol. The first kappa shape index (κ1) is 10.9. The van der Waals surface area contributed by atoms with Crippen LogP contribution in [0.2, 0.25) is 5.02 Å². The molecule has 2 aromatic carbocycles. The van der Waals surface area contributed by atoms with E-state index in [1.54, 1.807) is 0 Å². The summed E-state index contributed by atoms with van der Waals surface area (Å²) in [7, 11) is 0. The van der Waals surface area contributed by atoms with E-state index in [9.17, 15) is 0 Å². The van der Waals surface area contributed by atoms with Gasteiger partial charge in [-0.15, -0.1) is 0 Å². The number of nitrogens with zero attached hydrogens (tertiary/aromatic N) is 1. The van der Waals surface area contributed by atoms with Gasteiger partial charge >= 0.3 is 0 Å². The zero-order valence-corrected chi connectivity index (χ0v) is 9.78. The van der Waals surface area contributed by atoms with Crippen molar-refractivity contribution >= 4 is 23.5 Å². The molecule has 0 bridgehead atoms. The summed E-state index contributed by atoms with van der Waals surface area (Å²) < 4.78 is 0. The van der Waals surface area contributed by atoms with Crippen LogP contribution < -0.4 is 0 Å². The Morgan fingerprint density at radius 2 is 1.88 bits per heavy atom. The zero-order valence-electron chi connectivity index (χ0n) is 9.02. The highest BCUT2D eigenvalue weighted by molar-refractivity contribution is 6.30. The summed E-state index contributed by atoms with van der Waals surface area (Å²) in [5, 5.41) is 0.730. The van der Waals surface area contributed by atoms with E-state index < -0.39 is 0 Å². The fourth-order valence-corrected chi connectivity index (χ4v) is 1.64. The first-order chi connectivity index (χ1) is 7.75. The Hall–Kier alpha value is -1.60. The molecule has 0 heterocycles. The van der Waals surface area contributed by atoms with Gasteiger partial charge in [-0.05, 0) is 36.2 Å². The van der Waals surface area contributed by atoms with Gasteiger partial charge in [0.15, 0.2) is 0 Å². The molecule has 0 atom stereocenters. The van der Waals surface area contributed by atoms with Crippen molar-refractivity contribution in [3.8, 4) is 0 Å². The summed E-state index contributed by atoms with van der Waals surface area (Å²) in [5.74, 6) is 0. The molecule has 0 aliphatic heterocycles. The van der Waals surface area contributed by atoms with Crippen LogP contribution in [0, 0.1) is 6.92 Å². The van der Waals surface area contributed by atoms with Crippen molar-refractivity contribution < 1.29 is 0 Å². The van der Waals surface area contributed by atoms with Gasteiger partial charge in [0.25, 0.3) is 0 Å². The van der Waals surface area contributed by atoms with E-state index in [0.29, 0.717) is 0 Å². The molecule has 1 nitrogen and oxygen atoms in total. The first-order valence-electron chi connectivity index (χ1n) is 5.11. The van der Waals surface area contributed by atoms with E-state index in [1.165, 1.54) is 5.56 Å². The molecule has 2 aromatic rings. The van der Waals surface area contributed by atoms with Gasteiger partial charge in [-0.1, -0.05) is 41.9 Å². The van der Waals surface area contributed by atoms with Crippen LogP contribution >= 0.6 is 11.6 Å².